The molecule has 2 aromatic carbocycles. The Morgan fingerprint density at radius 2 is 1.60 bits per heavy atom. The van der Waals surface area contributed by atoms with E-state index in [2.05, 4.69) is 35.7 Å². The van der Waals surface area contributed by atoms with Crippen LogP contribution >= 0.6 is 0 Å². The second-order valence-electron chi connectivity index (χ2n) is 12.8. The van der Waals surface area contributed by atoms with Crippen LogP contribution < -0.4 is 10.5 Å². The van der Waals surface area contributed by atoms with Crippen LogP contribution in [0.15, 0.2) is 102 Å². The highest BCUT2D eigenvalue weighted by atomic mass is 16.5. The molecule has 1 aliphatic heterocycles. The van der Waals surface area contributed by atoms with Gasteiger partial charge in [-0.2, -0.15) is 0 Å². The molecule has 0 aliphatic carbocycles. The Bertz CT molecular complexity index is 1580. The Morgan fingerprint density at radius 1 is 0.940 bits per heavy atom. The van der Waals surface area contributed by atoms with Gasteiger partial charge in [-0.15, -0.1) is 0 Å². The van der Waals surface area contributed by atoms with Crippen molar-refractivity contribution in [2.45, 2.75) is 93.5 Å². The molecule has 5 rings (SSSR count). The topological polar surface area (TPSA) is 106 Å². The lowest BCUT2D eigenvalue weighted by Gasteiger charge is -2.36. The molecular weight excluding hydrogens is 624 g/mol. The van der Waals surface area contributed by atoms with Crippen LogP contribution in [0.1, 0.15) is 84.4 Å². The summed E-state index contributed by atoms with van der Waals surface area (Å²) in [5.41, 5.74) is 10.5. The van der Waals surface area contributed by atoms with E-state index < -0.39 is 0 Å². The Kier molecular flexibility index (Phi) is 16.4. The van der Waals surface area contributed by atoms with E-state index in [1.54, 1.807) is 18.6 Å². The smallest absolute Gasteiger partial charge is 0.222 e. The highest BCUT2D eigenvalue weighted by Crippen LogP contribution is 2.31. The van der Waals surface area contributed by atoms with Crippen LogP contribution in [-0.2, 0) is 29.2 Å². The van der Waals surface area contributed by atoms with Gasteiger partial charge < -0.3 is 25.0 Å². The van der Waals surface area contributed by atoms with Crippen molar-refractivity contribution in [3.63, 3.8) is 0 Å². The number of fused-ring (bicyclic) bond motifs is 1. The number of ether oxygens (including phenoxy) is 2. The van der Waals surface area contributed by atoms with Crippen LogP contribution in [0.5, 0.6) is 11.6 Å². The van der Waals surface area contributed by atoms with Crippen molar-refractivity contribution in [1.82, 2.24) is 19.8 Å². The lowest BCUT2D eigenvalue weighted by Crippen LogP contribution is -2.48. The van der Waals surface area contributed by atoms with Gasteiger partial charge in [0.05, 0.1) is 31.1 Å². The number of carbonyl (C=O) groups excluding carboxylic acids is 1. The molecule has 9 heteroatoms. The Balaban J connectivity index is 0.00000163. The van der Waals surface area contributed by atoms with Crippen molar-refractivity contribution in [2.75, 3.05) is 13.2 Å². The van der Waals surface area contributed by atoms with Crippen molar-refractivity contribution in [3.05, 3.63) is 114 Å². The lowest BCUT2D eigenvalue weighted by atomic mass is 9.92. The predicted molar refractivity (Wildman–Crippen MR) is 203 cm³/mol. The number of nitrogens with zero attached hydrogens (tertiary/aromatic N) is 5. The Morgan fingerprint density at radius 3 is 2.26 bits per heavy atom. The molecule has 3 heterocycles. The monoisotopic (exact) mass is 680 g/mol. The molecule has 1 amide bonds. The number of hydrogen-bond donors (Lipinski definition) is 1. The average molecular weight is 681 g/mol. The van der Waals surface area contributed by atoms with Crippen LogP contribution in [0.2, 0.25) is 0 Å². The molecule has 0 saturated heterocycles. The molecule has 0 spiro atoms. The van der Waals surface area contributed by atoms with Crippen molar-refractivity contribution in [3.8, 4) is 11.6 Å². The average Bonchev–Trinajstić information content (AvgIpc) is 3.14. The van der Waals surface area contributed by atoms with Crippen molar-refractivity contribution in [2.24, 2.45) is 16.1 Å². The van der Waals surface area contributed by atoms with E-state index in [0.29, 0.717) is 69.0 Å². The maximum atomic E-state index is 13.8. The highest BCUT2D eigenvalue weighted by Gasteiger charge is 2.28. The zero-order valence-electron chi connectivity index (χ0n) is 31.0. The normalized spacial score (nSPS) is 12.6. The fourth-order valence-electron chi connectivity index (χ4n) is 5.26. The third-order valence-corrected chi connectivity index (χ3v) is 7.94. The standard InChI is InChI=1S/C37H44N6O3.2C2H6/c1-37(2,3)18-21-42(24-28-16-19-39-20-17-28)35(44)15-14-31(27-45-26-29-10-6-4-7-11-29)43-25-30-22-34(40-23-33(30)41-36(43)38)46-32-12-8-5-9-13-32;2*1-2/h4-13,16-17,19-20,22-23,31H,14-15,18,21,24-27H2,1-3H3,(H2,38,41);2*1-2H3/t31-;;/m0../s1. The first-order chi connectivity index (χ1) is 24.2. The van der Waals surface area contributed by atoms with Gasteiger partial charge >= 0.3 is 0 Å². The van der Waals surface area contributed by atoms with Gasteiger partial charge in [-0.1, -0.05) is 97.0 Å². The maximum absolute atomic E-state index is 13.8. The first-order valence-electron chi connectivity index (χ1n) is 17.8. The lowest BCUT2D eigenvalue weighted by molar-refractivity contribution is -0.132. The molecule has 9 nitrogen and oxygen atoms in total. The van der Waals surface area contributed by atoms with E-state index in [9.17, 15) is 4.79 Å². The number of amides is 1. The summed E-state index contributed by atoms with van der Waals surface area (Å²) in [6.07, 6.45) is 7.03. The van der Waals surface area contributed by atoms with Gasteiger partial charge in [0.1, 0.15) is 5.75 Å². The molecule has 1 aliphatic rings. The number of para-hydroxylation sites is 1. The number of benzene rings is 2. The number of aromatic nitrogens is 2. The van der Waals surface area contributed by atoms with Gasteiger partial charge in [0.15, 0.2) is 5.96 Å². The van der Waals surface area contributed by atoms with E-state index >= 15 is 0 Å². The zero-order chi connectivity index (χ0) is 36.4. The first kappa shape index (κ1) is 39.7. The summed E-state index contributed by atoms with van der Waals surface area (Å²) in [7, 11) is 0. The Hall–Kier alpha value is -4.76. The molecule has 0 bridgehead atoms. The number of hydrogen-bond acceptors (Lipinski definition) is 8. The van der Waals surface area contributed by atoms with Crippen LogP contribution in [0.25, 0.3) is 0 Å². The minimum absolute atomic E-state index is 0.102. The van der Waals surface area contributed by atoms with Gasteiger partial charge in [-0.25, -0.2) is 9.98 Å². The molecule has 50 heavy (non-hydrogen) atoms. The molecule has 0 unspecified atom stereocenters. The number of guanidine groups is 1. The van der Waals surface area contributed by atoms with E-state index in [1.165, 1.54) is 0 Å². The summed E-state index contributed by atoms with van der Waals surface area (Å²) < 4.78 is 12.2. The molecule has 2 N–H and O–H groups in total. The Labute approximate surface area is 299 Å². The minimum Gasteiger partial charge on any atom is -0.439 e. The molecule has 0 fully saturated rings. The van der Waals surface area contributed by atoms with Crippen LogP contribution in [-0.4, -0.2) is 50.8 Å². The van der Waals surface area contributed by atoms with Gasteiger partial charge in [0.25, 0.3) is 0 Å². The third-order valence-electron chi connectivity index (χ3n) is 7.94. The van der Waals surface area contributed by atoms with E-state index in [0.717, 1.165) is 23.1 Å². The maximum Gasteiger partial charge on any atom is 0.222 e. The van der Waals surface area contributed by atoms with Crippen molar-refractivity contribution in [1.29, 1.82) is 0 Å². The SMILES string of the molecule is CC.CC.CC(C)(C)CCN(Cc1ccncc1)C(=O)CC[C@@H](COCc1ccccc1)N1Cc2cc(Oc3ccccc3)ncc2N=C1N. The first-order valence-corrected chi connectivity index (χ1v) is 17.8. The van der Waals surface area contributed by atoms with E-state index in [-0.39, 0.29) is 17.4 Å². The molecule has 0 radical (unpaired) electrons. The summed E-state index contributed by atoms with van der Waals surface area (Å²) in [6, 6.07) is 25.3. The van der Waals surface area contributed by atoms with E-state index in [4.69, 9.17) is 15.2 Å². The zero-order valence-corrected chi connectivity index (χ0v) is 31.0. The second kappa shape index (κ2) is 20.7. The van der Waals surface area contributed by atoms with Gasteiger partial charge in [0, 0.05) is 50.1 Å². The minimum atomic E-state index is -0.179. The number of aliphatic imine (C=N–C) groups is 1. The third kappa shape index (κ3) is 12.9. The molecule has 0 saturated carbocycles. The summed E-state index contributed by atoms with van der Waals surface area (Å²) in [4.78, 5) is 31.1. The fraction of sp³-hybridized carbons (Fsp3) is 0.415. The number of pyridine rings is 2. The number of nitrogens with two attached hydrogens (primary N) is 1. The van der Waals surface area contributed by atoms with Crippen molar-refractivity contribution < 1.29 is 14.3 Å². The fourth-order valence-corrected chi connectivity index (χ4v) is 5.26. The van der Waals surface area contributed by atoms with E-state index in [1.807, 2.05) is 116 Å². The molecule has 4 aromatic rings. The molecule has 268 valence electrons. The van der Waals surface area contributed by atoms with Crippen LogP contribution in [0.4, 0.5) is 5.69 Å². The highest BCUT2D eigenvalue weighted by molar-refractivity contribution is 5.84. The molecular formula is C41H56N6O3. The predicted octanol–water partition coefficient (Wildman–Crippen LogP) is 8.91. The van der Waals surface area contributed by atoms with Gasteiger partial charge in [0.2, 0.25) is 11.8 Å². The quantitative estimate of drug-likeness (QED) is 0.142. The molecule has 1 atom stereocenters. The largest absolute Gasteiger partial charge is 0.439 e. The second-order valence-corrected chi connectivity index (χ2v) is 12.8. The summed E-state index contributed by atoms with van der Waals surface area (Å²) in [5.74, 6) is 1.68. The summed E-state index contributed by atoms with van der Waals surface area (Å²) in [6.45, 7) is 17.2. The van der Waals surface area contributed by atoms with Crippen molar-refractivity contribution >= 4 is 17.6 Å². The van der Waals surface area contributed by atoms with Crippen LogP contribution in [0.3, 0.4) is 0 Å². The molecule has 2 aromatic heterocycles. The number of rotatable bonds is 14. The summed E-state index contributed by atoms with van der Waals surface area (Å²) >= 11 is 0. The summed E-state index contributed by atoms with van der Waals surface area (Å²) in [5, 5.41) is 0. The number of carbonyl (C=O) groups is 1. The van der Waals surface area contributed by atoms with Gasteiger partial charge in [-0.3, -0.25) is 9.78 Å². The van der Waals surface area contributed by atoms with Gasteiger partial charge in [-0.05, 0) is 53.6 Å². The van der Waals surface area contributed by atoms with Crippen LogP contribution in [0, 0.1) is 5.41 Å².